The second kappa shape index (κ2) is 7.75. The lowest BCUT2D eigenvalue weighted by molar-refractivity contribution is -0.0512. The van der Waals surface area contributed by atoms with Crippen LogP contribution in [-0.2, 0) is 16.6 Å². The number of ether oxygens (including phenoxy) is 2. The second-order valence-electron chi connectivity index (χ2n) is 5.06. The molecule has 0 spiro atoms. The molecule has 2 rings (SSSR count). The summed E-state index contributed by atoms with van der Waals surface area (Å²) in [6, 6.07) is 9.13. The highest BCUT2D eigenvalue weighted by Crippen LogP contribution is 2.30. The normalized spacial score (nSPS) is 11.8. The predicted octanol–water partition coefficient (Wildman–Crippen LogP) is 3.26. The van der Waals surface area contributed by atoms with Crippen molar-refractivity contribution in [3.05, 3.63) is 53.8 Å². The zero-order chi connectivity index (χ0) is 18.6. The molecule has 0 fully saturated rings. The van der Waals surface area contributed by atoms with Gasteiger partial charge in [-0.15, -0.1) is 0 Å². The van der Waals surface area contributed by atoms with Crippen LogP contribution in [0.2, 0.25) is 0 Å². The number of methoxy groups -OCH3 is 1. The van der Waals surface area contributed by atoms with Gasteiger partial charge in [-0.25, -0.2) is 12.8 Å². The topological polar surface area (TPSA) is 55.8 Å². The van der Waals surface area contributed by atoms with Crippen LogP contribution >= 0.6 is 0 Å². The maximum absolute atomic E-state index is 13.8. The highest BCUT2D eigenvalue weighted by molar-refractivity contribution is 7.89. The van der Waals surface area contributed by atoms with Crippen LogP contribution in [0.3, 0.4) is 0 Å². The van der Waals surface area contributed by atoms with Gasteiger partial charge < -0.3 is 9.47 Å². The molecule has 25 heavy (non-hydrogen) atoms. The molecule has 0 aliphatic carbocycles. The maximum Gasteiger partial charge on any atom is 0.387 e. The summed E-state index contributed by atoms with van der Waals surface area (Å²) in [6.45, 7) is -3.22. The van der Waals surface area contributed by atoms with Gasteiger partial charge in [0.25, 0.3) is 0 Å². The first-order chi connectivity index (χ1) is 11.8. The minimum atomic E-state index is -4.08. The smallest absolute Gasteiger partial charge is 0.387 e. The van der Waals surface area contributed by atoms with E-state index in [1.807, 2.05) is 0 Å². The Bertz CT molecular complexity index is 843. The van der Waals surface area contributed by atoms with E-state index in [9.17, 15) is 21.6 Å². The highest BCUT2D eigenvalue weighted by Gasteiger charge is 2.24. The lowest BCUT2D eigenvalue weighted by Crippen LogP contribution is -2.27. The Morgan fingerprint density at radius 1 is 1.12 bits per heavy atom. The first-order valence-electron chi connectivity index (χ1n) is 7.08. The Kier molecular flexibility index (Phi) is 5.91. The van der Waals surface area contributed by atoms with Crippen molar-refractivity contribution < 1.29 is 31.1 Å². The molecule has 9 heteroatoms. The monoisotopic (exact) mass is 375 g/mol. The van der Waals surface area contributed by atoms with Crippen LogP contribution in [0.5, 0.6) is 11.5 Å². The fraction of sp³-hybridized carbons (Fsp3) is 0.250. The summed E-state index contributed by atoms with van der Waals surface area (Å²) in [5.74, 6) is -0.999. The lowest BCUT2D eigenvalue weighted by atomic mass is 10.2. The van der Waals surface area contributed by atoms with Crippen molar-refractivity contribution in [3.63, 3.8) is 0 Å². The van der Waals surface area contributed by atoms with Crippen molar-refractivity contribution in [3.8, 4) is 11.5 Å². The minimum Gasteiger partial charge on any atom is -0.493 e. The molecule has 0 amide bonds. The largest absolute Gasteiger partial charge is 0.493 e. The Balaban J connectivity index is 2.28. The molecular weight excluding hydrogens is 359 g/mol. The van der Waals surface area contributed by atoms with E-state index in [1.54, 1.807) is 0 Å². The third-order valence-corrected chi connectivity index (χ3v) is 5.21. The first-order valence-corrected chi connectivity index (χ1v) is 8.52. The van der Waals surface area contributed by atoms with Crippen molar-refractivity contribution in [2.75, 3.05) is 14.2 Å². The molecule has 0 aliphatic rings. The number of halogens is 3. The fourth-order valence-electron chi connectivity index (χ4n) is 2.17. The summed E-state index contributed by atoms with van der Waals surface area (Å²) in [6.07, 6.45) is 0. The molecule has 5 nitrogen and oxygen atoms in total. The van der Waals surface area contributed by atoms with Crippen LogP contribution in [0.1, 0.15) is 5.56 Å². The third kappa shape index (κ3) is 4.43. The molecule has 136 valence electrons. The molecule has 0 bridgehead atoms. The summed E-state index contributed by atoms with van der Waals surface area (Å²) in [4.78, 5) is -0.463. The van der Waals surface area contributed by atoms with Crippen LogP contribution in [-0.4, -0.2) is 33.5 Å². The van der Waals surface area contributed by atoms with Crippen molar-refractivity contribution in [2.45, 2.75) is 18.1 Å². The molecule has 0 heterocycles. The predicted molar refractivity (Wildman–Crippen MR) is 84.7 cm³/mol. The Labute approximate surface area is 143 Å². The molecule has 0 aromatic heterocycles. The number of alkyl halides is 2. The van der Waals surface area contributed by atoms with E-state index in [0.717, 1.165) is 16.4 Å². The molecular formula is C16H16F3NO4S. The summed E-state index contributed by atoms with van der Waals surface area (Å²) in [7, 11) is -1.52. The van der Waals surface area contributed by atoms with Gasteiger partial charge >= 0.3 is 6.61 Å². The molecule has 0 aliphatic heterocycles. The quantitative estimate of drug-likeness (QED) is 0.746. The average Bonchev–Trinajstić information content (AvgIpc) is 2.54. The first kappa shape index (κ1) is 19.1. The summed E-state index contributed by atoms with van der Waals surface area (Å²) in [5, 5.41) is 0. The zero-order valence-corrected chi connectivity index (χ0v) is 14.3. The van der Waals surface area contributed by atoms with E-state index in [4.69, 9.17) is 4.74 Å². The third-order valence-electron chi connectivity index (χ3n) is 3.37. The second-order valence-corrected chi connectivity index (χ2v) is 7.07. The molecule has 0 saturated heterocycles. The van der Waals surface area contributed by atoms with E-state index in [2.05, 4.69) is 4.74 Å². The van der Waals surface area contributed by atoms with Crippen molar-refractivity contribution >= 4 is 10.0 Å². The van der Waals surface area contributed by atoms with Gasteiger partial charge in [0.15, 0.2) is 11.5 Å². The Morgan fingerprint density at radius 2 is 1.80 bits per heavy atom. The fourth-order valence-corrected chi connectivity index (χ4v) is 3.39. The molecule has 0 saturated carbocycles. The summed E-state index contributed by atoms with van der Waals surface area (Å²) < 4.78 is 73.8. The minimum absolute atomic E-state index is 0.0867. The van der Waals surface area contributed by atoms with Gasteiger partial charge in [0.2, 0.25) is 10.0 Å². The molecule has 0 unspecified atom stereocenters. The van der Waals surface area contributed by atoms with Gasteiger partial charge in [0.1, 0.15) is 10.7 Å². The van der Waals surface area contributed by atoms with E-state index in [0.29, 0.717) is 5.56 Å². The lowest BCUT2D eigenvalue weighted by Gasteiger charge is -2.18. The number of hydrogen-bond donors (Lipinski definition) is 0. The van der Waals surface area contributed by atoms with E-state index < -0.39 is 27.3 Å². The summed E-state index contributed by atoms with van der Waals surface area (Å²) >= 11 is 0. The van der Waals surface area contributed by atoms with Gasteiger partial charge in [-0.05, 0) is 29.8 Å². The Morgan fingerprint density at radius 3 is 2.40 bits per heavy atom. The number of nitrogens with zero attached hydrogens (tertiary/aromatic N) is 1. The average molecular weight is 375 g/mol. The van der Waals surface area contributed by atoms with Crippen LogP contribution in [0.4, 0.5) is 13.2 Å². The van der Waals surface area contributed by atoms with Crippen LogP contribution in [0.25, 0.3) is 0 Å². The molecule has 0 atom stereocenters. The van der Waals surface area contributed by atoms with E-state index in [1.165, 1.54) is 44.5 Å². The number of rotatable bonds is 7. The van der Waals surface area contributed by atoms with Gasteiger partial charge in [-0.1, -0.05) is 18.2 Å². The zero-order valence-electron chi connectivity index (χ0n) is 13.4. The highest BCUT2D eigenvalue weighted by atomic mass is 32.2. The van der Waals surface area contributed by atoms with Crippen molar-refractivity contribution in [1.29, 1.82) is 0 Å². The van der Waals surface area contributed by atoms with Crippen molar-refractivity contribution in [1.82, 2.24) is 4.31 Å². The number of benzene rings is 2. The van der Waals surface area contributed by atoms with Gasteiger partial charge in [0, 0.05) is 13.6 Å². The number of sulfonamides is 1. The summed E-state index contributed by atoms with van der Waals surface area (Å²) in [5.41, 5.74) is 0.374. The van der Waals surface area contributed by atoms with E-state index >= 15 is 0 Å². The Hall–Kier alpha value is -2.26. The standard InChI is InChI=1S/C16H16F3NO4S/c1-20(25(21,22)15-6-4-3-5-12(15)17)10-11-7-8-13(23-2)14(9-11)24-16(18)19/h3-9,16H,10H2,1-2H3. The van der Waals surface area contributed by atoms with Gasteiger partial charge in [0.05, 0.1) is 7.11 Å². The van der Waals surface area contributed by atoms with Crippen LogP contribution in [0.15, 0.2) is 47.4 Å². The van der Waals surface area contributed by atoms with Crippen LogP contribution < -0.4 is 9.47 Å². The van der Waals surface area contributed by atoms with E-state index in [-0.39, 0.29) is 18.0 Å². The van der Waals surface area contributed by atoms with Crippen molar-refractivity contribution in [2.24, 2.45) is 0 Å². The maximum atomic E-state index is 13.8. The SMILES string of the molecule is COc1ccc(CN(C)S(=O)(=O)c2ccccc2F)cc1OC(F)F. The molecule has 2 aromatic rings. The van der Waals surface area contributed by atoms with Crippen LogP contribution in [0, 0.1) is 5.82 Å². The van der Waals surface area contributed by atoms with Gasteiger partial charge in [-0.2, -0.15) is 13.1 Å². The molecule has 0 N–H and O–H groups in total. The molecule has 0 radical (unpaired) electrons. The van der Waals surface area contributed by atoms with Gasteiger partial charge in [-0.3, -0.25) is 0 Å². The number of hydrogen-bond acceptors (Lipinski definition) is 4. The molecule has 2 aromatic carbocycles.